The first-order chi connectivity index (χ1) is 9.24. The Morgan fingerprint density at radius 1 is 1.63 bits per heavy atom. The summed E-state index contributed by atoms with van der Waals surface area (Å²) in [4.78, 5) is 17.8. The number of hydrogen-bond donors (Lipinski definition) is 0. The maximum Gasteiger partial charge on any atom is 0.360 e. The van der Waals surface area contributed by atoms with E-state index in [0.717, 1.165) is 32.5 Å². The molecule has 0 aliphatic carbocycles. The lowest BCUT2D eigenvalue weighted by Crippen LogP contribution is -2.37. The highest BCUT2D eigenvalue weighted by Gasteiger charge is 2.24. The van der Waals surface area contributed by atoms with Gasteiger partial charge in [0.2, 0.25) is 0 Å². The Bertz CT molecular complexity index is 417. The third kappa shape index (κ3) is 3.47. The predicted molar refractivity (Wildman–Crippen MR) is 69.3 cm³/mol. The van der Waals surface area contributed by atoms with Crippen LogP contribution in [0.3, 0.4) is 0 Å². The molecule has 0 amide bonds. The molecule has 1 aliphatic heterocycles. The number of aromatic nitrogens is 1. The fraction of sp³-hybridized carbons (Fsp3) is 0.692. The van der Waals surface area contributed by atoms with Crippen LogP contribution in [0.4, 0.5) is 6.01 Å². The second kappa shape index (κ2) is 6.56. The normalized spacial score (nSPS) is 19.5. The molecule has 2 heterocycles. The Labute approximate surface area is 112 Å². The van der Waals surface area contributed by atoms with Crippen LogP contribution in [0.1, 0.15) is 30.3 Å². The molecule has 1 atom stereocenters. The van der Waals surface area contributed by atoms with E-state index in [2.05, 4.69) is 9.88 Å². The summed E-state index contributed by atoms with van der Waals surface area (Å²) in [6.07, 6.45) is 3.58. The number of methoxy groups -OCH3 is 1. The van der Waals surface area contributed by atoms with Crippen LogP contribution in [-0.4, -0.2) is 44.4 Å². The fourth-order valence-electron chi connectivity index (χ4n) is 2.32. The summed E-state index contributed by atoms with van der Waals surface area (Å²) in [6, 6.07) is 0.490. The van der Waals surface area contributed by atoms with E-state index in [0.29, 0.717) is 18.5 Å². The van der Waals surface area contributed by atoms with Gasteiger partial charge in [0.1, 0.15) is 6.26 Å². The molecule has 6 heteroatoms. The fourth-order valence-corrected chi connectivity index (χ4v) is 2.32. The molecule has 19 heavy (non-hydrogen) atoms. The molecule has 0 aromatic carbocycles. The Hall–Kier alpha value is -1.56. The average Bonchev–Trinajstić information content (AvgIpc) is 2.89. The van der Waals surface area contributed by atoms with E-state index in [1.54, 1.807) is 14.0 Å². The minimum atomic E-state index is -0.442. The number of oxazole rings is 1. The zero-order chi connectivity index (χ0) is 13.7. The molecular weight excluding hydrogens is 248 g/mol. The van der Waals surface area contributed by atoms with E-state index >= 15 is 0 Å². The number of hydrogen-bond acceptors (Lipinski definition) is 6. The molecule has 6 nitrogen and oxygen atoms in total. The summed E-state index contributed by atoms with van der Waals surface area (Å²) in [7, 11) is 1.71. The molecule has 0 bridgehead atoms. The van der Waals surface area contributed by atoms with Gasteiger partial charge in [-0.15, -0.1) is 0 Å². The first-order valence-electron chi connectivity index (χ1n) is 6.61. The summed E-state index contributed by atoms with van der Waals surface area (Å²) in [6.45, 7) is 4.57. The lowest BCUT2D eigenvalue weighted by molar-refractivity contribution is 0.0519. The third-order valence-corrected chi connectivity index (χ3v) is 3.17. The average molecular weight is 268 g/mol. The van der Waals surface area contributed by atoms with E-state index in [-0.39, 0.29) is 5.69 Å². The van der Waals surface area contributed by atoms with Crippen molar-refractivity contribution in [3.8, 4) is 0 Å². The van der Waals surface area contributed by atoms with Crippen LogP contribution in [0.2, 0.25) is 0 Å². The molecule has 0 N–H and O–H groups in total. The largest absolute Gasteiger partial charge is 0.461 e. The van der Waals surface area contributed by atoms with Crippen molar-refractivity contribution in [1.29, 1.82) is 0 Å². The maximum atomic E-state index is 11.5. The highest BCUT2D eigenvalue weighted by molar-refractivity contribution is 5.87. The summed E-state index contributed by atoms with van der Waals surface area (Å²) < 4.78 is 15.4. The van der Waals surface area contributed by atoms with Gasteiger partial charge >= 0.3 is 5.97 Å². The van der Waals surface area contributed by atoms with Gasteiger partial charge in [-0.05, 0) is 25.7 Å². The number of piperidine rings is 1. The molecule has 0 radical (unpaired) electrons. The molecule has 2 rings (SSSR count). The number of anilines is 1. The topological polar surface area (TPSA) is 64.8 Å². The molecule has 0 saturated carbocycles. The Morgan fingerprint density at radius 2 is 2.47 bits per heavy atom. The molecule has 1 unspecified atom stereocenters. The standard InChI is InChI=1S/C13H20N2O4/c1-3-18-12(16)11-9-19-13(14-11)15-6-4-5-10(7-15)8-17-2/h9-10H,3-8H2,1-2H3. The second-order valence-electron chi connectivity index (χ2n) is 4.65. The molecule has 1 aromatic heterocycles. The molecule has 106 valence electrons. The molecule has 1 fully saturated rings. The number of nitrogens with zero attached hydrogens (tertiary/aromatic N) is 2. The first kappa shape index (κ1) is 13.9. The van der Waals surface area contributed by atoms with Crippen LogP contribution in [0.25, 0.3) is 0 Å². The molecule has 0 spiro atoms. The van der Waals surface area contributed by atoms with E-state index in [9.17, 15) is 4.79 Å². The Kier molecular flexibility index (Phi) is 4.79. The van der Waals surface area contributed by atoms with E-state index in [1.165, 1.54) is 6.26 Å². The van der Waals surface area contributed by atoms with Crippen molar-refractivity contribution >= 4 is 12.0 Å². The van der Waals surface area contributed by atoms with Crippen LogP contribution < -0.4 is 4.90 Å². The zero-order valence-electron chi connectivity index (χ0n) is 11.4. The van der Waals surface area contributed by atoms with Crippen molar-refractivity contribution in [2.45, 2.75) is 19.8 Å². The van der Waals surface area contributed by atoms with Crippen molar-refractivity contribution in [3.63, 3.8) is 0 Å². The number of carbonyl (C=O) groups is 1. The minimum Gasteiger partial charge on any atom is -0.461 e. The van der Waals surface area contributed by atoms with Crippen molar-refractivity contribution < 1.29 is 18.7 Å². The van der Waals surface area contributed by atoms with Gasteiger partial charge in [-0.3, -0.25) is 0 Å². The number of esters is 1. The van der Waals surface area contributed by atoms with Crippen LogP contribution >= 0.6 is 0 Å². The lowest BCUT2D eigenvalue weighted by atomic mass is 9.99. The Balaban J connectivity index is 1.99. The van der Waals surface area contributed by atoms with Gasteiger partial charge < -0.3 is 18.8 Å². The molecule has 1 saturated heterocycles. The molecule has 1 aromatic rings. The highest BCUT2D eigenvalue weighted by atomic mass is 16.5. The maximum absolute atomic E-state index is 11.5. The van der Waals surface area contributed by atoms with Gasteiger partial charge in [0.25, 0.3) is 6.01 Å². The Morgan fingerprint density at radius 3 is 3.21 bits per heavy atom. The van der Waals surface area contributed by atoms with Crippen molar-refractivity contribution in [2.24, 2.45) is 5.92 Å². The molecular formula is C13H20N2O4. The minimum absolute atomic E-state index is 0.228. The van der Waals surface area contributed by atoms with Crippen molar-refractivity contribution in [1.82, 2.24) is 4.98 Å². The number of carbonyl (C=O) groups excluding carboxylic acids is 1. The predicted octanol–water partition coefficient (Wildman–Crippen LogP) is 1.71. The van der Waals surface area contributed by atoms with Gasteiger partial charge in [0.05, 0.1) is 13.2 Å². The third-order valence-electron chi connectivity index (χ3n) is 3.17. The van der Waals surface area contributed by atoms with Gasteiger partial charge in [-0.25, -0.2) is 4.79 Å². The van der Waals surface area contributed by atoms with Crippen LogP contribution in [0.5, 0.6) is 0 Å². The van der Waals surface area contributed by atoms with Crippen LogP contribution in [0.15, 0.2) is 10.7 Å². The van der Waals surface area contributed by atoms with Crippen molar-refractivity contribution in [2.75, 3.05) is 38.3 Å². The highest BCUT2D eigenvalue weighted by Crippen LogP contribution is 2.23. The first-order valence-corrected chi connectivity index (χ1v) is 6.61. The number of rotatable bonds is 5. The second-order valence-corrected chi connectivity index (χ2v) is 4.65. The quantitative estimate of drug-likeness (QED) is 0.757. The molecule has 1 aliphatic rings. The monoisotopic (exact) mass is 268 g/mol. The zero-order valence-corrected chi connectivity index (χ0v) is 11.4. The van der Waals surface area contributed by atoms with Gasteiger partial charge in [0, 0.05) is 20.2 Å². The summed E-state index contributed by atoms with van der Waals surface area (Å²) in [5.41, 5.74) is 0.228. The van der Waals surface area contributed by atoms with Gasteiger partial charge in [0.15, 0.2) is 5.69 Å². The van der Waals surface area contributed by atoms with Gasteiger partial charge in [-0.1, -0.05) is 0 Å². The van der Waals surface area contributed by atoms with E-state index < -0.39 is 5.97 Å². The van der Waals surface area contributed by atoms with Crippen molar-refractivity contribution in [3.05, 3.63) is 12.0 Å². The lowest BCUT2D eigenvalue weighted by Gasteiger charge is -2.31. The SMILES string of the molecule is CCOC(=O)c1coc(N2CCCC(COC)C2)n1. The van der Waals surface area contributed by atoms with Gasteiger partial charge in [-0.2, -0.15) is 4.98 Å². The van der Waals surface area contributed by atoms with Crippen LogP contribution in [0, 0.1) is 5.92 Å². The smallest absolute Gasteiger partial charge is 0.360 e. The summed E-state index contributed by atoms with van der Waals surface area (Å²) in [5, 5.41) is 0. The van der Waals surface area contributed by atoms with E-state index in [4.69, 9.17) is 13.9 Å². The van der Waals surface area contributed by atoms with E-state index in [1.807, 2.05) is 0 Å². The summed E-state index contributed by atoms with van der Waals surface area (Å²) >= 11 is 0. The number of ether oxygens (including phenoxy) is 2. The summed E-state index contributed by atoms with van der Waals surface area (Å²) in [5.74, 6) is 0.0413. The van der Waals surface area contributed by atoms with Crippen LogP contribution in [-0.2, 0) is 9.47 Å².